The molecule has 1 aromatic heterocycles. The van der Waals surface area contributed by atoms with Crippen LogP contribution in [0.25, 0.3) is 0 Å². The number of hydrogen-bond donors (Lipinski definition) is 2. The Bertz CT molecular complexity index is 630. The second kappa shape index (κ2) is 8.23. The van der Waals surface area contributed by atoms with E-state index in [0.717, 1.165) is 12.4 Å². The number of oxime groups is 1. The molecule has 0 radical (unpaired) electrons. The van der Waals surface area contributed by atoms with E-state index in [0.29, 0.717) is 18.9 Å². The van der Waals surface area contributed by atoms with Crippen molar-refractivity contribution in [1.82, 2.24) is 4.98 Å². The van der Waals surface area contributed by atoms with Crippen molar-refractivity contribution < 1.29 is 37.4 Å². The Hall–Kier alpha value is -2.24. The highest BCUT2D eigenvalue weighted by Gasteiger charge is 2.39. The zero-order valence-corrected chi connectivity index (χ0v) is 12.9. The van der Waals surface area contributed by atoms with E-state index in [-0.39, 0.29) is 13.2 Å². The van der Waals surface area contributed by atoms with Crippen LogP contribution in [-0.2, 0) is 20.4 Å². The topological polar surface area (TPSA) is 116 Å². The summed E-state index contributed by atoms with van der Waals surface area (Å²) in [7, 11) is 0. The molecule has 3 N–H and O–H groups in total. The van der Waals surface area contributed by atoms with Gasteiger partial charge in [-0.1, -0.05) is 5.16 Å². The van der Waals surface area contributed by atoms with Crippen molar-refractivity contribution in [2.24, 2.45) is 10.9 Å². The van der Waals surface area contributed by atoms with Crippen molar-refractivity contribution in [3.63, 3.8) is 0 Å². The first-order valence-electron chi connectivity index (χ1n) is 7.26. The number of nitrogens with two attached hydrogens (primary N) is 1. The van der Waals surface area contributed by atoms with Crippen LogP contribution >= 0.6 is 0 Å². The van der Waals surface area contributed by atoms with Crippen molar-refractivity contribution in [1.29, 1.82) is 0 Å². The van der Waals surface area contributed by atoms with Crippen molar-refractivity contribution in [3.05, 3.63) is 29.6 Å². The Labute approximate surface area is 140 Å². The molecule has 2 heterocycles. The van der Waals surface area contributed by atoms with Crippen LogP contribution in [-0.4, -0.2) is 47.6 Å². The summed E-state index contributed by atoms with van der Waals surface area (Å²) in [4.78, 5) is 16.1. The molecular formula is C14H16F3N3O5. The average molecular weight is 363 g/mol. The van der Waals surface area contributed by atoms with Crippen molar-refractivity contribution in [2.45, 2.75) is 31.6 Å². The van der Waals surface area contributed by atoms with Crippen molar-refractivity contribution in [2.75, 3.05) is 13.2 Å². The van der Waals surface area contributed by atoms with Gasteiger partial charge in [-0.25, -0.2) is 0 Å². The fraction of sp³-hybridized carbons (Fsp3) is 0.500. The second-order valence-corrected chi connectivity index (χ2v) is 5.06. The molecule has 2 rings (SSSR count). The van der Waals surface area contributed by atoms with Crippen molar-refractivity contribution in [3.8, 4) is 0 Å². The van der Waals surface area contributed by atoms with E-state index < -0.39 is 41.5 Å². The van der Waals surface area contributed by atoms with E-state index in [9.17, 15) is 18.0 Å². The van der Waals surface area contributed by atoms with Crippen LogP contribution in [0, 0.1) is 0 Å². The molecule has 1 aliphatic rings. The minimum atomic E-state index is -4.79. The summed E-state index contributed by atoms with van der Waals surface area (Å²) < 4.78 is 54.8. The molecule has 138 valence electrons. The number of carbonyl (C=O) groups is 1. The third-order valence-electron chi connectivity index (χ3n) is 3.31. The first kappa shape index (κ1) is 19.1. The van der Waals surface area contributed by atoms with E-state index >= 15 is 0 Å². The lowest BCUT2D eigenvalue weighted by Gasteiger charge is -2.22. The molecule has 0 spiro atoms. The smallest absolute Gasteiger partial charge is 0.409 e. The van der Waals surface area contributed by atoms with E-state index in [1.165, 1.54) is 0 Å². The lowest BCUT2D eigenvalue weighted by Crippen LogP contribution is -2.43. The van der Waals surface area contributed by atoms with Gasteiger partial charge >= 0.3 is 6.18 Å². The molecule has 0 aromatic carbocycles. The molecule has 0 amide bonds. The molecule has 1 fully saturated rings. The van der Waals surface area contributed by atoms with Gasteiger partial charge in [-0.2, -0.15) is 13.2 Å². The molecule has 1 atom stereocenters. The van der Waals surface area contributed by atoms with Gasteiger partial charge in [0.05, 0.1) is 24.3 Å². The largest absolute Gasteiger partial charge is 0.417 e. The third kappa shape index (κ3) is 4.87. The van der Waals surface area contributed by atoms with Crippen LogP contribution in [0.15, 0.2) is 23.6 Å². The highest BCUT2D eigenvalue weighted by atomic mass is 19.4. The molecule has 8 nitrogen and oxygen atoms in total. The minimum Gasteiger partial charge on any atom is -0.409 e. The lowest BCUT2D eigenvalue weighted by atomic mass is 10.0. The average Bonchev–Trinajstić information content (AvgIpc) is 2.86. The zero-order valence-electron chi connectivity index (χ0n) is 12.9. The van der Waals surface area contributed by atoms with Gasteiger partial charge in [-0.15, -0.1) is 0 Å². The van der Waals surface area contributed by atoms with Gasteiger partial charge in [0.25, 0.3) is 6.48 Å². The van der Waals surface area contributed by atoms with E-state index in [4.69, 9.17) is 25.2 Å². The number of carbonyl (C=O) groups excluding carboxylic acids is 1. The Morgan fingerprint density at radius 1 is 1.40 bits per heavy atom. The minimum absolute atomic E-state index is 0.266. The van der Waals surface area contributed by atoms with E-state index in [1.807, 2.05) is 0 Å². The maximum atomic E-state index is 13.1. The first-order valence-corrected chi connectivity index (χ1v) is 7.26. The fourth-order valence-corrected chi connectivity index (χ4v) is 2.10. The second-order valence-electron chi connectivity index (χ2n) is 5.06. The Kier molecular flexibility index (Phi) is 6.28. The Morgan fingerprint density at radius 3 is 2.60 bits per heavy atom. The third-order valence-corrected chi connectivity index (χ3v) is 3.31. The highest BCUT2D eigenvalue weighted by molar-refractivity contribution is 6.14. The molecule has 11 heteroatoms. The molecule has 1 aliphatic heterocycles. The maximum absolute atomic E-state index is 13.1. The van der Waals surface area contributed by atoms with E-state index in [1.54, 1.807) is 0 Å². The normalized spacial score (nSPS) is 18.6. The number of halogens is 3. The van der Waals surface area contributed by atoms with Crippen LogP contribution in [0.5, 0.6) is 0 Å². The number of aromatic nitrogens is 1. The summed E-state index contributed by atoms with van der Waals surface area (Å²) in [6.45, 7) is -0.798. The molecule has 0 bridgehead atoms. The van der Waals surface area contributed by atoms with Gasteiger partial charge in [0.15, 0.2) is 11.9 Å². The summed E-state index contributed by atoms with van der Waals surface area (Å²) in [5.41, 5.74) is 3.42. The van der Waals surface area contributed by atoms with Gasteiger partial charge in [0.2, 0.25) is 5.78 Å². The number of nitrogens with zero attached hydrogens (tertiary/aromatic N) is 2. The van der Waals surface area contributed by atoms with Crippen LogP contribution in [0.2, 0.25) is 0 Å². The fourth-order valence-electron chi connectivity index (χ4n) is 2.10. The van der Waals surface area contributed by atoms with Crippen LogP contribution in [0.3, 0.4) is 0 Å². The van der Waals surface area contributed by atoms with Gasteiger partial charge in [-0.05, 0) is 18.9 Å². The van der Waals surface area contributed by atoms with Gasteiger partial charge in [0, 0.05) is 12.4 Å². The monoisotopic (exact) mass is 363 g/mol. The maximum Gasteiger partial charge on any atom is 0.417 e. The first-order chi connectivity index (χ1) is 11.8. The zero-order chi connectivity index (χ0) is 18.4. The van der Waals surface area contributed by atoms with E-state index in [2.05, 4.69) is 10.1 Å². The summed E-state index contributed by atoms with van der Waals surface area (Å²) in [5.74, 6) is -1.93. The molecule has 1 saturated heterocycles. The Morgan fingerprint density at radius 2 is 2.04 bits per heavy atom. The number of pyridine rings is 1. The van der Waals surface area contributed by atoms with Gasteiger partial charge in [-0.3, -0.25) is 9.78 Å². The molecule has 0 saturated carbocycles. The summed E-state index contributed by atoms with van der Waals surface area (Å²) in [5, 5.41) is 11.5. The molecule has 25 heavy (non-hydrogen) atoms. The lowest BCUT2D eigenvalue weighted by molar-refractivity contribution is -0.281. The molecule has 1 aromatic rings. The predicted molar refractivity (Wildman–Crippen MR) is 76.8 cm³/mol. The van der Waals surface area contributed by atoms with Crippen molar-refractivity contribution >= 4 is 11.6 Å². The number of ketones is 1. The number of hydrogen-bond acceptors (Lipinski definition) is 7. The van der Waals surface area contributed by atoms with Crippen LogP contribution in [0.1, 0.15) is 28.8 Å². The van der Waals surface area contributed by atoms with Crippen LogP contribution < -0.4 is 5.73 Å². The van der Waals surface area contributed by atoms with Gasteiger partial charge in [0.1, 0.15) is 0 Å². The standard InChI is InChI=1S/C14H16F3N3O5/c15-14(16,17)9-3-4-19-7-8(9)10(21)11(12(18)20-22)25-13-23-5-1-2-6-24-13/h3-4,7,11,13,22H,1-2,5-6H2,(H2,18,20). The summed E-state index contributed by atoms with van der Waals surface area (Å²) >= 11 is 0. The number of Topliss-reactive ketones (excluding diaryl/α,β-unsaturated/α-hetero) is 1. The molecule has 1 unspecified atom stereocenters. The summed E-state index contributed by atoms with van der Waals surface area (Å²) in [6, 6.07) is 0.648. The van der Waals surface area contributed by atoms with Gasteiger partial charge < -0.3 is 25.2 Å². The number of alkyl halides is 3. The SMILES string of the molecule is NC(=NO)C(OC1OCCCCO1)C(=O)c1cnccc1C(F)(F)F. The molecular weight excluding hydrogens is 347 g/mol. The van der Waals surface area contributed by atoms with Crippen LogP contribution in [0.4, 0.5) is 13.2 Å². The molecule has 0 aliphatic carbocycles. The number of rotatable bonds is 5. The quantitative estimate of drug-likeness (QED) is 0.268. The number of ether oxygens (including phenoxy) is 3. The highest BCUT2D eigenvalue weighted by Crippen LogP contribution is 2.32. The number of amidine groups is 1. The Balaban J connectivity index is 2.30. The predicted octanol–water partition coefficient (Wildman–Crippen LogP) is 1.53. The summed E-state index contributed by atoms with van der Waals surface area (Å²) in [6.07, 6.45) is -3.62.